The van der Waals surface area contributed by atoms with Crippen molar-refractivity contribution in [3.8, 4) is 0 Å². The fourth-order valence-electron chi connectivity index (χ4n) is 1.70. The Kier molecular flexibility index (Phi) is 4.86. The van der Waals surface area contributed by atoms with E-state index in [4.69, 9.17) is 35.4 Å². The Balaban J connectivity index is 2.02. The monoisotopic (exact) mass is 328 g/mol. The SMILES string of the molecule is CN(Cc1c(Cl)cnn1C)C(=S)Nc1cccc(Cl)c1. The van der Waals surface area contributed by atoms with Crippen molar-refractivity contribution in [3.63, 3.8) is 0 Å². The van der Waals surface area contributed by atoms with Crippen LogP contribution in [0.25, 0.3) is 0 Å². The van der Waals surface area contributed by atoms with Crippen molar-refractivity contribution in [1.82, 2.24) is 14.7 Å². The molecule has 0 fully saturated rings. The number of benzene rings is 1. The molecule has 106 valence electrons. The average Bonchev–Trinajstić information content (AvgIpc) is 2.70. The Morgan fingerprint density at radius 1 is 1.45 bits per heavy atom. The summed E-state index contributed by atoms with van der Waals surface area (Å²) in [7, 11) is 3.74. The zero-order valence-electron chi connectivity index (χ0n) is 11.1. The first-order chi connectivity index (χ1) is 9.47. The lowest BCUT2D eigenvalue weighted by atomic mass is 10.3. The Hall–Kier alpha value is -1.30. The van der Waals surface area contributed by atoms with E-state index < -0.39 is 0 Å². The van der Waals surface area contributed by atoms with E-state index in [2.05, 4.69) is 10.4 Å². The lowest BCUT2D eigenvalue weighted by molar-refractivity contribution is 0.482. The maximum Gasteiger partial charge on any atom is 0.173 e. The van der Waals surface area contributed by atoms with Crippen LogP contribution in [-0.4, -0.2) is 26.8 Å². The number of rotatable bonds is 3. The molecule has 0 unspecified atom stereocenters. The minimum absolute atomic E-state index is 0.571. The summed E-state index contributed by atoms with van der Waals surface area (Å²) in [5, 5.41) is 9.11. The molecule has 2 aromatic rings. The van der Waals surface area contributed by atoms with Crippen LogP contribution in [0.15, 0.2) is 30.5 Å². The van der Waals surface area contributed by atoms with Crippen molar-refractivity contribution in [2.24, 2.45) is 7.05 Å². The van der Waals surface area contributed by atoms with E-state index in [0.29, 0.717) is 21.7 Å². The van der Waals surface area contributed by atoms with Crippen molar-refractivity contribution >= 4 is 46.2 Å². The molecule has 0 saturated heterocycles. The summed E-state index contributed by atoms with van der Waals surface area (Å²) < 4.78 is 1.74. The number of hydrogen-bond acceptors (Lipinski definition) is 2. The minimum atomic E-state index is 0.571. The van der Waals surface area contributed by atoms with Gasteiger partial charge >= 0.3 is 0 Å². The normalized spacial score (nSPS) is 10.4. The molecule has 20 heavy (non-hydrogen) atoms. The molecule has 4 nitrogen and oxygen atoms in total. The van der Waals surface area contributed by atoms with Crippen LogP contribution in [0.1, 0.15) is 5.69 Å². The maximum absolute atomic E-state index is 6.08. The van der Waals surface area contributed by atoms with E-state index in [1.165, 1.54) is 0 Å². The topological polar surface area (TPSA) is 33.1 Å². The van der Waals surface area contributed by atoms with Crippen LogP contribution in [0.2, 0.25) is 10.0 Å². The van der Waals surface area contributed by atoms with Gasteiger partial charge in [0.15, 0.2) is 5.11 Å². The van der Waals surface area contributed by atoms with Crippen molar-refractivity contribution in [2.75, 3.05) is 12.4 Å². The van der Waals surface area contributed by atoms with Crippen molar-refractivity contribution in [1.29, 1.82) is 0 Å². The van der Waals surface area contributed by atoms with E-state index >= 15 is 0 Å². The number of anilines is 1. The summed E-state index contributed by atoms with van der Waals surface area (Å²) >= 11 is 17.4. The fraction of sp³-hybridized carbons (Fsp3) is 0.231. The van der Waals surface area contributed by atoms with Gasteiger partial charge < -0.3 is 10.2 Å². The predicted molar refractivity (Wildman–Crippen MR) is 87.4 cm³/mol. The summed E-state index contributed by atoms with van der Waals surface area (Å²) in [6.45, 7) is 0.571. The molecule has 0 atom stereocenters. The smallest absolute Gasteiger partial charge is 0.173 e. The summed E-state index contributed by atoms with van der Waals surface area (Å²) in [6.07, 6.45) is 1.62. The molecule has 0 aliphatic heterocycles. The summed E-state index contributed by atoms with van der Waals surface area (Å²) in [6, 6.07) is 7.40. The molecule has 1 heterocycles. The van der Waals surface area contributed by atoms with Crippen LogP contribution in [0.3, 0.4) is 0 Å². The van der Waals surface area contributed by atoms with Crippen LogP contribution < -0.4 is 5.32 Å². The summed E-state index contributed by atoms with van der Waals surface area (Å²) in [4.78, 5) is 1.89. The van der Waals surface area contributed by atoms with Gasteiger partial charge in [-0.15, -0.1) is 0 Å². The van der Waals surface area contributed by atoms with Crippen LogP contribution in [0, 0.1) is 0 Å². The van der Waals surface area contributed by atoms with Crippen molar-refractivity contribution in [3.05, 3.63) is 46.2 Å². The Morgan fingerprint density at radius 2 is 2.20 bits per heavy atom. The molecule has 1 aromatic heterocycles. The first-order valence-corrected chi connectivity index (χ1v) is 7.08. The van der Waals surface area contributed by atoms with E-state index in [1.54, 1.807) is 10.9 Å². The third kappa shape index (κ3) is 3.62. The molecule has 7 heteroatoms. The molecule has 0 radical (unpaired) electrons. The Morgan fingerprint density at radius 3 is 2.80 bits per heavy atom. The largest absolute Gasteiger partial charge is 0.346 e. The third-order valence-corrected chi connectivity index (χ3v) is 3.78. The van der Waals surface area contributed by atoms with Crippen LogP contribution >= 0.6 is 35.4 Å². The van der Waals surface area contributed by atoms with Gasteiger partial charge in [-0.2, -0.15) is 5.10 Å². The Labute approximate surface area is 133 Å². The molecule has 0 bridgehead atoms. The van der Waals surface area contributed by atoms with Gasteiger partial charge in [0.1, 0.15) is 0 Å². The number of nitrogens with one attached hydrogen (secondary N) is 1. The lowest BCUT2D eigenvalue weighted by Gasteiger charge is -2.21. The van der Waals surface area contributed by atoms with Gasteiger partial charge in [0.25, 0.3) is 0 Å². The van der Waals surface area contributed by atoms with Gasteiger partial charge in [-0.05, 0) is 30.4 Å². The molecule has 0 saturated carbocycles. The summed E-state index contributed by atoms with van der Waals surface area (Å²) in [5.74, 6) is 0. The number of nitrogens with zero attached hydrogens (tertiary/aromatic N) is 3. The standard InChI is InChI=1S/C13H14Cl2N4S/c1-18(8-12-11(15)7-16-19(12)2)13(20)17-10-5-3-4-9(14)6-10/h3-7H,8H2,1-2H3,(H,17,20). The number of halogens is 2. The van der Waals surface area contributed by atoms with Crippen LogP contribution in [-0.2, 0) is 13.6 Å². The van der Waals surface area contributed by atoms with E-state index in [1.807, 2.05) is 43.3 Å². The first-order valence-electron chi connectivity index (χ1n) is 5.91. The lowest BCUT2D eigenvalue weighted by Crippen LogP contribution is -2.31. The van der Waals surface area contributed by atoms with E-state index in [9.17, 15) is 0 Å². The van der Waals surface area contributed by atoms with Gasteiger partial charge in [-0.3, -0.25) is 4.68 Å². The van der Waals surface area contributed by atoms with Crippen molar-refractivity contribution in [2.45, 2.75) is 6.54 Å². The van der Waals surface area contributed by atoms with Gasteiger partial charge in [-0.25, -0.2) is 0 Å². The molecular weight excluding hydrogens is 315 g/mol. The third-order valence-electron chi connectivity index (χ3n) is 2.82. The summed E-state index contributed by atoms with van der Waals surface area (Å²) in [5.41, 5.74) is 1.76. The zero-order chi connectivity index (χ0) is 14.7. The predicted octanol–water partition coefficient (Wildman–Crippen LogP) is 3.56. The van der Waals surface area contributed by atoms with E-state index in [-0.39, 0.29) is 0 Å². The second-order valence-electron chi connectivity index (χ2n) is 4.36. The minimum Gasteiger partial charge on any atom is -0.346 e. The number of thiocarbonyl (C=S) groups is 1. The molecule has 0 amide bonds. The highest BCUT2D eigenvalue weighted by atomic mass is 35.5. The molecule has 2 rings (SSSR count). The molecule has 1 N–H and O–H groups in total. The molecule has 0 spiro atoms. The molecular formula is C13H14Cl2N4S. The molecule has 0 aliphatic carbocycles. The number of aryl methyl sites for hydroxylation is 1. The fourth-order valence-corrected chi connectivity index (χ4v) is 2.29. The Bertz CT molecular complexity index is 607. The van der Waals surface area contributed by atoms with Gasteiger partial charge in [0.05, 0.1) is 23.5 Å². The maximum atomic E-state index is 6.08. The van der Waals surface area contributed by atoms with E-state index in [0.717, 1.165) is 11.4 Å². The highest BCUT2D eigenvalue weighted by Crippen LogP contribution is 2.18. The molecule has 0 aliphatic rings. The number of hydrogen-bond donors (Lipinski definition) is 1. The average molecular weight is 329 g/mol. The highest BCUT2D eigenvalue weighted by molar-refractivity contribution is 7.80. The van der Waals surface area contributed by atoms with Crippen LogP contribution in [0.4, 0.5) is 5.69 Å². The van der Waals surface area contributed by atoms with Crippen molar-refractivity contribution < 1.29 is 0 Å². The number of aromatic nitrogens is 2. The first kappa shape index (κ1) is 15.1. The molecule has 1 aromatic carbocycles. The van der Waals surface area contributed by atoms with Gasteiger partial charge in [0.2, 0.25) is 0 Å². The van der Waals surface area contributed by atoms with Gasteiger partial charge in [0, 0.05) is 24.8 Å². The highest BCUT2D eigenvalue weighted by Gasteiger charge is 2.12. The quantitative estimate of drug-likeness (QED) is 0.873. The van der Waals surface area contributed by atoms with Gasteiger partial charge in [-0.1, -0.05) is 29.3 Å². The van der Waals surface area contributed by atoms with Crippen LogP contribution in [0.5, 0.6) is 0 Å². The second kappa shape index (κ2) is 6.43. The zero-order valence-corrected chi connectivity index (χ0v) is 13.4. The second-order valence-corrected chi connectivity index (χ2v) is 5.59.